The van der Waals surface area contributed by atoms with Crippen molar-refractivity contribution in [2.45, 2.75) is 46.2 Å². The van der Waals surface area contributed by atoms with Gasteiger partial charge in [-0.05, 0) is 46.7 Å². The lowest BCUT2D eigenvalue weighted by atomic mass is 9.99. The molecule has 0 saturated carbocycles. The van der Waals surface area contributed by atoms with Crippen LogP contribution in [0.15, 0.2) is 18.2 Å². The Balaban J connectivity index is 2.71. The van der Waals surface area contributed by atoms with Gasteiger partial charge in [-0.3, -0.25) is 4.90 Å². The van der Waals surface area contributed by atoms with Crippen molar-refractivity contribution in [1.82, 2.24) is 10.2 Å². The monoisotopic (exact) mass is 278 g/mol. The summed E-state index contributed by atoms with van der Waals surface area (Å²) in [5.41, 5.74) is 3.99. The van der Waals surface area contributed by atoms with Gasteiger partial charge in [-0.1, -0.05) is 29.3 Å². The third-order valence-electron chi connectivity index (χ3n) is 3.82. The van der Waals surface area contributed by atoms with E-state index in [1.54, 1.807) is 0 Å². The Labute approximate surface area is 124 Å². The molecule has 0 spiro atoms. The Hall–Kier alpha value is -0.900. The Morgan fingerprint density at radius 1 is 1.10 bits per heavy atom. The molecule has 0 amide bonds. The average Bonchev–Trinajstić information content (AvgIpc) is 2.36. The summed E-state index contributed by atoms with van der Waals surface area (Å²) in [6, 6.07) is 7.58. The smallest absolute Gasteiger partial charge is 0.0558 e. The Kier molecular flexibility index (Phi) is 7.20. The lowest BCUT2D eigenvalue weighted by molar-refractivity contribution is 0.160. The molecule has 0 heterocycles. The molecular formula is C17H30N2O. The van der Waals surface area contributed by atoms with Crippen LogP contribution in [0.5, 0.6) is 0 Å². The van der Waals surface area contributed by atoms with Crippen LogP contribution in [0.2, 0.25) is 0 Å². The summed E-state index contributed by atoms with van der Waals surface area (Å²) in [7, 11) is 2.02. The number of rotatable bonds is 8. The predicted octanol–water partition coefficient (Wildman–Crippen LogP) is 2.66. The van der Waals surface area contributed by atoms with E-state index in [4.69, 9.17) is 5.11 Å². The van der Waals surface area contributed by atoms with Gasteiger partial charge in [0, 0.05) is 25.2 Å². The molecule has 1 unspecified atom stereocenters. The highest BCUT2D eigenvalue weighted by Crippen LogP contribution is 2.20. The number of benzene rings is 1. The number of nitrogens with zero attached hydrogens (tertiary/aromatic N) is 1. The highest BCUT2D eigenvalue weighted by molar-refractivity contribution is 5.30. The summed E-state index contributed by atoms with van der Waals surface area (Å²) in [4.78, 5) is 2.33. The second-order valence-corrected chi connectivity index (χ2v) is 5.90. The summed E-state index contributed by atoms with van der Waals surface area (Å²) in [5, 5.41) is 12.6. The van der Waals surface area contributed by atoms with Gasteiger partial charge in [0.15, 0.2) is 0 Å². The minimum absolute atomic E-state index is 0.228. The SMILES string of the molecule is CNC(CCN(CCO)C(C)C)c1cc(C)cc(C)c1. The molecule has 0 aliphatic heterocycles. The van der Waals surface area contributed by atoms with Crippen LogP contribution < -0.4 is 5.32 Å². The summed E-state index contributed by atoms with van der Waals surface area (Å²) in [6.45, 7) is 10.6. The molecule has 1 aromatic carbocycles. The number of aryl methyl sites for hydroxylation is 2. The first-order valence-electron chi connectivity index (χ1n) is 7.58. The molecule has 0 aliphatic rings. The highest BCUT2D eigenvalue weighted by Gasteiger charge is 2.14. The molecular weight excluding hydrogens is 248 g/mol. The van der Waals surface area contributed by atoms with Crippen molar-refractivity contribution in [3.05, 3.63) is 34.9 Å². The minimum atomic E-state index is 0.228. The number of hydrogen-bond donors (Lipinski definition) is 2. The van der Waals surface area contributed by atoms with E-state index < -0.39 is 0 Å². The molecule has 0 aromatic heterocycles. The van der Waals surface area contributed by atoms with Gasteiger partial charge in [-0.15, -0.1) is 0 Å². The number of aliphatic hydroxyl groups is 1. The van der Waals surface area contributed by atoms with Crippen LogP contribution in [0.4, 0.5) is 0 Å². The molecule has 3 heteroatoms. The van der Waals surface area contributed by atoms with Gasteiger partial charge < -0.3 is 10.4 Å². The zero-order valence-corrected chi connectivity index (χ0v) is 13.6. The van der Waals surface area contributed by atoms with Gasteiger partial charge in [0.05, 0.1) is 6.61 Å². The molecule has 1 aromatic rings. The van der Waals surface area contributed by atoms with Crippen molar-refractivity contribution in [2.24, 2.45) is 0 Å². The van der Waals surface area contributed by atoms with Crippen LogP contribution in [-0.2, 0) is 0 Å². The molecule has 0 fully saturated rings. The largest absolute Gasteiger partial charge is 0.395 e. The van der Waals surface area contributed by atoms with Gasteiger partial charge >= 0.3 is 0 Å². The maximum atomic E-state index is 9.14. The number of nitrogens with one attached hydrogen (secondary N) is 1. The first kappa shape index (κ1) is 17.2. The van der Waals surface area contributed by atoms with Gasteiger partial charge in [0.25, 0.3) is 0 Å². The third kappa shape index (κ3) is 5.23. The summed E-state index contributed by atoms with van der Waals surface area (Å²) < 4.78 is 0. The maximum absolute atomic E-state index is 9.14. The fourth-order valence-corrected chi connectivity index (χ4v) is 2.74. The van der Waals surface area contributed by atoms with Crippen LogP contribution in [0.25, 0.3) is 0 Å². The van der Waals surface area contributed by atoms with E-state index in [0.717, 1.165) is 19.5 Å². The summed E-state index contributed by atoms with van der Waals surface area (Å²) in [6.07, 6.45) is 1.05. The Morgan fingerprint density at radius 3 is 2.15 bits per heavy atom. The molecule has 0 saturated heterocycles. The molecule has 20 heavy (non-hydrogen) atoms. The molecule has 1 atom stereocenters. The minimum Gasteiger partial charge on any atom is -0.395 e. The maximum Gasteiger partial charge on any atom is 0.0558 e. The van der Waals surface area contributed by atoms with Crippen molar-refractivity contribution in [3.63, 3.8) is 0 Å². The van der Waals surface area contributed by atoms with Crippen molar-refractivity contribution >= 4 is 0 Å². The van der Waals surface area contributed by atoms with Crippen molar-refractivity contribution in [3.8, 4) is 0 Å². The number of hydrogen-bond acceptors (Lipinski definition) is 3. The normalized spacial score (nSPS) is 13.2. The molecule has 3 nitrogen and oxygen atoms in total. The average molecular weight is 278 g/mol. The van der Waals surface area contributed by atoms with Crippen LogP contribution in [0, 0.1) is 13.8 Å². The Bertz CT molecular complexity index is 384. The van der Waals surface area contributed by atoms with Crippen LogP contribution in [0.3, 0.4) is 0 Å². The zero-order valence-electron chi connectivity index (χ0n) is 13.6. The van der Waals surface area contributed by atoms with Gasteiger partial charge in [0.1, 0.15) is 0 Å². The Morgan fingerprint density at radius 2 is 1.70 bits per heavy atom. The van der Waals surface area contributed by atoms with Crippen LogP contribution in [0.1, 0.15) is 43.0 Å². The first-order chi connectivity index (χ1) is 9.47. The molecule has 0 aliphatic carbocycles. The second-order valence-electron chi connectivity index (χ2n) is 5.90. The lowest BCUT2D eigenvalue weighted by Crippen LogP contribution is -2.36. The van der Waals surface area contributed by atoms with E-state index in [2.05, 4.69) is 56.1 Å². The van der Waals surface area contributed by atoms with Crippen molar-refractivity contribution < 1.29 is 5.11 Å². The van der Waals surface area contributed by atoms with E-state index in [0.29, 0.717) is 12.1 Å². The molecule has 2 N–H and O–H groups in total. The van der Waals surface area contributed by atoms with E-state index in [1.807, 2.05) is 7.05 Å². The van der Waals surface area contributed by atoms with Gasteiger partial charge in [-0.2, -0.15) is 0 Å². The first-order valence-corrected chi connectivity index (χ1v) is 7.58. The lowest BCUT2D eigenvalue weighted by Gasteiger charge is -2.28. The highest BCUT2D eigenvalue weighted by atomic mass is 16.3. The fourth-order valence-electron chi connectivity index (χ4n) is 2.74. The molecule has 0 bridgehead atoms. The molecule has 0 radical (unpaired) electrons. The van der Waals surface area contributed by atoms with Crippen LogP contribution >= 0.6 is 0 Å². The topological polar surface area (TPSA) is 35.5 Å². The summed E-state index contributed by atoms with van der Waals surface area (Å²) in [5.74, 6) is 0. The van der Waals surface area contributed by atoms with E-state index in [-0.39, 0.29) is 6.61 Å². The zero-order chi connectivity index (χ0) is 15.1. The molecule has 1 rings (SSSR count). The van der Waals surface area contributed by atoms with Crippen molar-refractivity contribution in [2.75, 3.05) is 26.7 Å². The van der Waals surface area contributed by atoms with Gasteiger partial charge in [0.2, 0.25) is 0 Å². The molecule has 114 valence electrons. The predicted molar refractivity (Wildman–Crippen MR) is 86.1 cm³/mol. The van der Waals surface area contributed by atoms with E-state index >= 15 is 0 Å². The van der Waals surface area contributed by atoms with Gasteiger partial charge in [-0.25, -0.2) is 0 Å². The fraction of sp³-hybridized carbons (Fsp3) is 0.647. The van der Waals surface area contributed by atoms with E-state index in [1.165, 1.54) is 16.7 Å². The van der Waals surface area contributed by atoms with E-state index in [9.17, 15) is 0 Å². The van der Waals surface area contributed by atoms with Crippen molar-refractivity contribution in [1.29, 1.82) is 0 Å². The standard InChI is InChI=1S/C17H30N2O/c1-13(2)19(8-9-20)7-6-17(18-5)16-11-14(3)10-15(4)12-16/h10-13,17-18,20H,6-9H2,1-5H3. The second kappa shape index (κ2) is 8.40. The summed E-state index contributed by atoms with van der Waals surface area (Å²) >= 11 is 0. The quantitative estimate of drug-likeness (QED) is 0.767. The number of aliphatic hydroxyl groups excluding tert-OH is 1. The third-order valence-corrected chi connectivity index (χ3v) is 3.82. The van der Waals surface area contributed by atoms with Crippen LogP contribution in [-0.4, -0.2) is 42.8 Å².